The average molecular weight is 328 g/mol. The second-order valence-corrected chi connectivity index (χ2v) is 5.43. The van der Waals surface area contributed by atoms with Gasteiger partial charge in [0.25, 0.3) is 0 Å². The van der Waals surface area contributed by atoms with Crippen molar-refractivity contribution in [2.75, 3.05) is 33.4 Å². The van der Waals surface area contributed by atoms with Crippen LogP contribution >= 0.6 is 0 Å². The Labute approximate surface area is 134 Å². The van der Waals surface area contributed by atoms with Crippen LogP contribution in [0.5, 0.6) is 0 Å². The quantitative estimate of drug-likeness (QED) is 0.816. The van der Waals surface area contributed by atoms with E-state index in [9.17, 15) is 13.6 Å². The lowest BCUT2D eigenvalue weighted by Crippen LogP contribution is -2.45. The van der Waals surface area contributed by atoms with E-state index in [4.69, 9.17) is 9.47 Å². The van der Waals surface area contributed by atoms with Crippen LogP contribution in [-0.4, -0.2) is 50.4 Å². The molecule has 1 fully saturated rings. The van der Waals surface area contributed by atoms with Crippen molar-refractivity contribution in [3.05, 3.63) is 35.4 Å². The number of urea groups is 1. The Kier molecular flexibility index (Phi) is 6.29. The van der Waals surface area contributed by atoms with E-state index in [2.05, 4.69) is 5.32 Å². The Morgan fingerprint density at radius 1 is 1.43 bits per heavy atom. The smallest absolute Gasteiger partial charge is 0.317 e. The first-order valence-electron chi connectivity index (χ1n) is 7.68. The molecule has 1 heterocycles. The summed E-state index contributed by atoms with van der Waals surface area (Å²) < 4.78 is 37.2. The number of benzene rings is 1. The zero-order valence-electron chi connectivity index (χ0n) is 13.4. The van der Waals surface area contributed by atoms with Gasteiger partial charge < -0.3 is 19.7 Å². The number of nitrogens with zero attached hydrogens (tertiary/aromatic N) is 1. The molecule has 1 aliphatic heterocycles. The van der Waals surface area contributed by atoms with Gasteiger partial charge >= 0.3 is 6.03 Å². The summed E-state index contributed by atoms with van der Waals surface area (Å²) in [4.78, 5) is 13.7. The van der Waals surface area contributed by atoms with E-state index in [0.29, 0.717) is 38.3 Å². The average Bonchev–Trinajstić information content (AvgIpc) is 2.98. The Hall–Kier alpha value is -1.73. The first-order chi connectivity index (χ1) is 11.0. The van der Waals surface area contributed by atoms with Crippen LogP contribution in [0.1, 0.15) is 25.0 Å². The molecule has 2 atom stereocenters. The van der Waals surface area contributed by atoms with Gasteiger partial charge in [0.05, 0.1) is 12.6 Å². The van der Waals surface area contributed by atoms with Crippen LogP contribution in [-0.2, 0) is 9.47 Å². The summed E-state index contributed by atoms with van der Waals surface area (Å²) in [5.41, 5.74) is 0.517. The van der Waals surface area contributed by atoms with Gasteiger partial charge in [-0.15, -0.1) is 0 Å². The topological polar surface area (TPSA) is 50.8 Å². The van der Waals surface area contributed by atoms with Crippen molar-refractivity contribution in [1.82, 2.24) is 10.2 Å². The first kappa shape index (κ1) is 17.6. The second-order valence-electron chi connectivity index (χ2n) is 5.43. The molecule has 128 valence electrons. The maximum Gasteiger partial charge on any atom is 0.317 e. The van der Waals surface area contributed by atoms with E-state index < -0.39 is 17.7 Å². The maximum atomic E-state index is 13.4. The van der Waals surface area contributed by atoms with Gasteiger partial charge in [0.15, 0.2) is 11.6 Å². The third kappa shape index (κ3) is 4.62. The Morgan fingerprint density at radius 3 is 2.91 bits per heavy atom. The minimum atomic E-state index is -0.920. The summed E-state index contributed by atoms with van der Waals surface area (Å²) >= 11 is 0. The molecular weight excluding hydrogens is 306 g/mol. The molecule has 1 aliphatic rings. The molecule has 5 nitrogen and oxygen atoms in total. The Balaban J connectivity index is 1.95. The largest absolute Gasteiger partial charge is 0.380 e. The molecule has 0 saturated carbocycles. The lowest BCUT2D eigenvalue weighted by atomic mass is 10.0. The van der Waals surface area contributed by atoms with Crippen molar-refractivity contribution in [2.24, 2.45) is 0 Å². The fraction of sp³-hybridized carbons (Fsp3) is 0.562. The summed E-state index contributed by atoms with van der Waals surface area (Å²) in [7, 11) is 1.68. The summed E-state index contributed by atoms with van der Waals surface area (Å²) in [5.74, 6) is -1.82. The Bertz CT molecular complexity index is 542. The van der Waals surface area contributed by atoms with Crippen molar-refractivity contribution < 1.29 is 23.0 Å². The fourth-order valence-electron chi connectivity index (χ4n) is 2.47. The van der Waals surface area contributed by atoms with Gasteiger partial charge in [-0.25, -0.2) is 13.6 Å². The van der Waals surface area contributed by atoms with E-state index in [-0.39, 0.29) is 12.1 Å². The van der Waals surface area contributed by atoms with Crippen molar-refractivity contribution in [3.63, 3.8) is 0 Å². The third-order valence-electron chi connectivity index (χ3n) is 3.79. The third-order valence-corrected chi connectivity index (χ3v) is 3.79. The predicted octanol–water partition coefficient (Wildman–Crippen LogP) is 2.47. The van der Waals surface area contributed by atoms with Crippen LogP contribution in [0.25, 0.3) is 0 Å². The van der Waals surface area contributed by atoms with Crippen molar-refractivity contribution in [2.45, 2.75) is 25.5 Å². The molecule has 1 aromatic carbocycles. The number of carbonyl (C=O) groups excluding carboxylic acids is 1. The van der Waals surface area contributed by atoms with Gasteiger partial charge in [-0.2, -0.15) is 0 Å². The highest BCUT2D eigenvalue weighted by atomic mass is 19.2. The molecule has 1 N–H and O–H groups in total. The lowest BCUT2D eigenvalue weighted by Gasteiger charge is -2.24. The molecule has 2 rings (SSSR count). The Morgan fingerprint density at radius 2 is 2.22 bits per heavy atom. The fourth-order valence-corrected chi connectivity index (χ4v) is 2.47. The number of hydrogen-bond donors (Lipinski definition) is 1. The van der Waals surface area contributed by atoms with Gasteiger partial charge in [-0.05, 0) is 31.0 Å². The molecule has 1 aromatic rings. The minimum Gasteiger partial charge on any atom is -0.380 e. The molecular formula is C16H22F2N2O3. The maximum absolute atomic E-state index is 13.4. The summed E-state index contributed by atoms with van der Waals surface area (Å²) in [6.07, 6.45) is 0.142. The summed E-state index contributed by atoms with van der Waals surface area (Å²) in [5, 5.41) is 2.88. The molecule has 1 saturated heterocycles. The van der Waals surface area contributed by atoms with Gasteiger partial charge in [-0.3, -0.25) is 0 Å². The number of nitrogens with one attached hydrogen (secondary N) is 1. The molecule has 0 unspecified atom stereocenters. The molecule has 2 amide bonds. The van der Waals surface area contributed by atoms with Gasteiger partial charge in [-0.1, -0.05) is 6.07 Å². The van der Waals surface area contributed by atoms with E-state index in [1.807, 2.05) is 6.92 Å². The number of rotatable bonds is 6. The van der Waals surface area contributed by atoms with E-state index in [1.165, 1.54) is 11.0 Å². The van der Waals surface area contributed by atoms with Crippen LogP contribution in [0.2, 0.25) is 0 Å². The molecule has 7 heteroatoms. The summed E-state index contributed by atoms with van der Waals surface area (Å²) in [6.45, 7) is 3.89. The lowest BCUT2D eigenvalue weighted by molar-refractivity contribution is 0.0962. The van der Waals surface area contributed by atoms with Crippen LogP contribution in [0.4, 0.5) is 13.6 Å². The van der Waals surface area contributed by atoms with Crippen LogP contribution in [0, 0.1) is 11.6 Å². The number of hydrogen-bond acceptors (Lipinski definition) is 3. The van der Waals surface area contributed by atoms with Crippen molar-refractivity contribution in [1.29, 1.82) is 0 Å². The number of carbonyl (C=O) groups is 1. The molecule has 0 bridgehead atoms. The predicted molar refractivity (Wildman–Crippen MR) is 81.1 cm³/mol. The van der Waals surface area contributed by atoms with Crippen LogP contribution in [0.15, 0.2) is 18.2 Å². The molecule has 0 radical (unpaired) electrons. The molecule has 23 heavy (non-hydrogen) atoms. The van der Waals surface area contributed by atoms with Crippen molar-refractivity contribution >= 4 is 6.03 Å². The first-order valence-corrected chi connectivity index (χ1v) is 7.68. The number of amides is 2. The highest BCUT2D eigenvalue weighted by Gasteiger charge is 2.32. The highest BCUT2D eigenvalue weighted by molar-refractivity contribution is 5.74. The highest BCUT2D eigenvalue weighted by Crippen LogP contribution is 2.30. The van der Waals surface area contributed by atoms with Crippen LogP contribution in [0.3, 0.4) is 0 Å². The normalized spacial score (nSPS) is 20.5. The summed E-state index contributed by atoms with van der Waals surface area (Å²) in [6, 6.07) is 3.14. The molecule has 0 aliphatic carbocycles. The standard InChI is InChI=1S/C16H22F2N2O3/c1-3-22-9-7-20(2)16(21)19-14-6-8-23-15(14)11-4-5-12(17)13(18)10-11/h4-5,10,14-15H,3,6-9H2,1-2H3,(H,19,21)/t14-,15+/m0/s1. The number of ether oxygens (including phenoxy) is 2. The number of halogens is 2. The zero-order chi connectivity index (χ0) is 16.8. The minimum absolute atomic E-state index is 0.243. The van der Waals surface area contributed by atoms with E-state index in [1.54, 1.807) is 7.05 Å². The molecule has 0 spiro atoms. The van der Waals surface area contributed by atoms with Gasteiger partial charge in [0, 0.05) is 26.8 Å². The number of likely N-dealkylation sites (N-methyl/N-ethyl adjacent to an activating group) is 1. The van der Waals surface area contributed by atoms with Gasteiger partial charge in [0.2, 0.25) is 0 Å². The van der Waals surface area contributed by atoms with Crippen LogP contribution < -0.4 is 5.32 Å². The monoisotopic (exact) mass is 328 g/mol. The van der Waals surface area contributed by atoms with Crippen molar-refractivity contribution in [3.8, 4) is 0 Å². The second kappa shape index (κ2) is 8.21. The molecule has 0 aromatic heterocycles. The zero-order valence-corrected chi connectivity index (χ0v) is 13.4. The SMILES string of the molecule is CCOCCN(C)C(=O)N[C@H]1CCO[C@@H]1c1ccc(F)c(F)c1. The van der Waals surface area contributed by atoms with E-state index >= 15 is 0 Å². The van der Waals surface area contributed by atoms with Gasteiger partial charge in [0.1, 0.15) is 6.10 Å². The van der Waals surface area contributed by atoms with E-state index in [0.717, 1.165) is 12.1 Å².